The van der Waals surface area contributed by atoms with Crippen molar-refractivity contribution in [2.75, 3.05) is 6.54 Å². The van der Waals surface area contributed by atoms with E-state index >= 15 is 0 Å². The fourth-order valence-corrected chi connectivity index (χ4v) is 1.56. The van der Waals surface area contributed by atoms with Gasteiger partial charge in [-0.25, -0.2) is 0 Å². The predicted octanol–water partition coefficient (Wildman–Crippen LogP) is 1.57. The van der Waals surface area contributed by atoms with E-state index < -0.39 is 0 Å². The van der Waals surface area contributed by atoms with Gasteiger partial charge in [-0.3, -0.25) is 0 Å². The molecule has 0 spiro atoms. The second kappa shape index (κ2) is 2.89. The van der Waals surface area contributed by atoms with Gasteiger partial charge in [0.05, 0.1) is 0 Å². The monoisotopic (exact) mass is 147 g/mol. The Kier molecular flexibility index (Phi) is 2.36. The van der Waals surface area contributed by atoms with Crippen LogP contribution in [0.1, 0.15) is 25.7 Å². The second-order valence-corrected chi connectivity index (χ2v) is 3.04. The molecule has 0 bridgehead atoms. The fraction of sp³-hybridized carbons (Fsp3) is 1.00. The fourth-order valence-electron chi connectivity index (χ4n) is 1.56. The molecule has 1 heterocycles. The molecule has 1 aliphatic heterocycles. The van der Waals surface area contributed by atoms with Gasteiger partial charge in [-0.15, -0.1) is 12.4 Å². The van der Waals surface area contributed by atoms with E-state index in [2.05, 4.69) is 5.32 Å². The van der Waals surface area contributed by atoms with Gasteiger partial charge in [-0.05, 0) is 31.7 Å². The lowest BCUT2D eigenvalue weighted by atomic mass is 9.76. The maximum absolute atomic E-state index is 3.45. The molecule has 0 aromatic rings. The van der Waals surface area contributed by atoms with E-state index in [1.165, 1.54) is 32.2 Å². The van der Waals surface area contributed by atoms with Crippen LogP contribution in [0.3, 0.4) is 0 Å². The lowest BCUT2D eigenvalue weighted by molar-refractivity contribution is 0.174. The van der Waals surface area contributed by atoms with E-state index in [4.69, 9.17) is 0 Å². The molecule has 0 radical (unpaired) electrons. The minimum atomic E-state index is 0. The molecule has 2 aliphatic rings. The molecule has 54 valence electrons. The largest absolute Gasteiger partial charge is 0.314 e. The highest BCUT2D eigenvalue weighted by atomic mass is 35.5. The molecule has 0 amide bonds. The van der Waals surface area contributed by atoms with Crippen LogP contribution in [0.25, 0.3) is 0 Å². The molecule has 9 heavy (non-hydrogen) atoms. The first-order chi connectivity index (χ1) is 3.97. The Balaban J connectivity index is 0.000000405. The van der Waals surface area contributed by atoms with Gasteiger partial charge >= 0.3 is 0 Å². The van der Waals surface area contributed by atoms with Crippen molar-refractivity contribution in [3.63, 3.8) is 0 Å². The van der Waals surface area contributed by atoms with Gasteiger partial charge in [0.1, 0.15) is 0 Å². The Morgan fingerprint density at radius 2 is 1.78 bits per heavy atom. The molecule has 1 N–H and O–H groups in total. The lowest BCUT2D eigenvalue weighted by Crippen LogP contribution is -2.49. The van der Waals surface area contributed by atoms with Crippen LogP contribution in [0, 0.1) is 5.92 Å². The molecule has 1 aliphatic carbocycles. The van der Waals surface area contributed by atoms with Gasteiger partial charge in [0.2, 0.25) is 0 Å². The standard InChI is InChI=1S/C7H13N.ClH/c1-2-6(3-1)7-4-5-8-7;/h6-8H,1-5H2;1H/t7-;/m1./s1. The molecule has 1 atom stereocenters. The van der Waals surface area contributed by atoms with Crippen molar-refractivity contribution >= 4 is 12.4 Å². The maximum Gasteiger partial charge on any atom is 0.0107 e. The summed E-state index contributed by atoms with van der Waals surface area (Å²) < 4.78 is 0. The zero-order valence-corrected chi connectivity index (χ0v) is 6.41. The third-order valence-corrected chi connectivity index (χ3v) is 2.58. The predicted molar refractivity (Wildman–Crippen MR) is 41.0 cm³/mol. The van der Waals surface area contributed by atoms with Crippen LogP contribution in [0.4, 0.5) is 0 Å². The van der Waals surface area contributed by atoms with E-state index in [9.17, 15) is 0 Å². The summed E-state index contributed by atoms with van der Waals surface area (Å²) in [6, 6.07) is 0.934. The summed E-state index contributed by atoms with van der Waals surface area (Å²) in [7, 11) is 0. The first kappa shape index (κ1) is 7.36. The first-order valence-corrected chi connectivity index (χ1v) is 3.70. The summed E-state index contributed by atoms with van der Waals surface area (Å²) in [4.78, 5) is 0. The molecule has 1 nitrogen and oxygen atoms in total. The van der Waals surface area contributed by atoms with Crippen LogP contribution in [0.15, 0.2) is 0 Å². The Morgan fingerprint density at radius 3 is 1.89 bits per heavy atom. The number of nitrogens with one attached hydrogen (secondary N) is 1. The highest BCUT2D eigenvalue weighted by Gasteiger charge is 2.30. The molecule has 1 saturated carbocycles. The minimum Gasteiger partial charge on any atom is -0.314 e. The molecule has 0 aromatic carbocycles. The molecular formula is C7H14ClN. The molecule has 2 rings (SSSR count). The van der Waals surface area contributed by atoms with Crippen LogP contribution >= 0.6 is 12.4 Å². The highest BCUT2D eigenvalue weighted by molar-refractivity contribution is 5.85. The Hall–Kier alpha value is 0.250. The molecule has 2 fully saturated rings. The quantitative estimate of drug-likeness (QED) is 0.594. The van der Waals surface area contributed by atoms with Crippen LogP contribution < -0.4 is 5.32 Å². The summed E-state index contributed by atoms with van der Waals surface area (Å²) in [5, 5.41) is 3.45. The van der Waals surface area contributed by atoms with Gasteiger partial charge < -0.3 is 5.32 Å². The zero-order valence-electron chi connectivity index (χ0n) is 5.60. The van der Waals surface area contributed by atoms with Gasteiger partial charge in [0.25, 0.3) is 0 Å². The van der Waals surface area contributed by atoms with Crippen molar-refractivity contribution < 1.29 is 0 Å². The van der Waals surface area contributed by atoms with Crippen LogP contribution in [0.5, 0.6) is 0 Å². The van der Waals surface area contributed by atoms with Crippen LogP contribution in [-0.4, -0.2) is 12.6 Å². The SMILES string of the molecule is C1CC([C@H]2CCN2)C1.Cl. The van der Waals surface area contributed by atoms with E-state index in [0.717, 1.165) is 12.0 Å². The maximum atomic E-state index is 3.45. The van der Waals surface area contributed by atoms with Crippen molar-refractivity contribution in [1.82, 2.24) is 5.32 Å². The van der Waals surface area contributed by atoms with Gasteiger partial charge in [-0.1, -0.05) is 6.42 Å². The van der Waals surface area contributed by atoms with Crippen molar-refractivity contribution in [1.29, 1.82) is 0 Å². The number of hydrogen-bond donors (Lipinski definition) is 1. The van der Waals surface area contributed by atoms with E-state index in [-0.39, 0.29) is 12.4 Å². The molecule has 0 unspecified atom stereocenters. The van der Waals surface area contributed by atoms with E-state index in [0.29, 0.717) is 0 Å². The van der Waals surface area contributed by atoms with Gasteiger partial charge in [-0.2, -0.15) is 0 Å². The molecule has 2 heteroatoms. The molecule has 0 aromatic heterocycles. The average Bonchev–Trinajstić information content (AvgIpc) is 1.47. The highest BCUT2D eigenvalue weighted by Crippen LogP contribution is 2.32. The summed E-state index contributed by atoms with van der Waals surface area (Å²) in [6.07, 6.45) is 5.93. The van der Waals surface area contributed by atoms with Crippen molar-refractivity contribution in [2.45, 2.75) is 31.7 Å². The number of hydrogen-bond acceptors (Lipinski definition) is 1. The Labute approximate surface area is 62.6 Å². The lowest BCUT2D eigenvalue weighted by Gasteiger charge is -2.40. The topological polar surface area (TPSA) is 12.0 Å². The summed E-state index contributed by atoms with van der Waals surface area (Å²) in [6.45, 7) is 1.28. The van der Waals surface area contributed by atoms with E-state index in [1.807, 2.05) is 0 Å². The van der Waals surface area contributed by atoms with Gasteiger partial charge in [0, 0.05) is 6.04 Å². The number of halogens is 1. The minimum absolute atomic E-state index is 0. The molecular weight excluding hydrogens is 134 g/mol. The van der Waals surface area contributed by atoms with Crippen LogP contribution in [-0.2, 0) is 0 Å². The van der Waals surface area contributed by atoms with Gasteiger partial charge in [0.15, 0.2) is 0 Å². The third-order valence-electron chi connectivity index (χ3n) is 2.58. The van der Waals surface area contributed by atoms with Crippen molar-refractivity contribution in [2.24, 2.45) is 5.92 Å². The van der Waals surface area contributed by atoms with Crippen molar-refractivity contribution in [3.05, 3.63) is 0 Å². The summed E-state index contributed by atoms with van der Waals surface area (Å²) in [5.74, 6) is 1.07. The number of rotatable bonds is 1. The zero-order chi connectivity index (χ0) is 5.40. The smallest absolute Gasteiger partial charge is 0.0107 e. The summed E-state index contributed by atoms with van der Waals surface area (Å²) in [5.41, 5.74) is 0. The Morgan fingerprint density at radius 1 is 1.11 bits per heavy atom. The Bertz CT molecular complexity index is 74.9. The summed E-state index contributed by atoms with van der Waals surface area (Å²) >= 11 is 0. The third kappa shape index (κ3) is 1.22. The van der Waals surface area contributed by atoms with Crippen LogP contribution in [0.2, 0.25) is 0 Å². The normalized spacial score (nSPS) is 34.0. The van der Waals surface area contributed by atoms with E-state index in [1.54, 1.807) is 0 Å². The average molecular weight is 148 g/mol. The molecule has 1 saturated heterocycles. The van der Waals surface area contributed by atoms with Crippen molar-refractivity contribution in [3.8, 4) is 0 Å². The first-order valence-electron chi connectivity index (χ1n) is 3.70. The second-order valence-electron chi connectivity index (χ2n) is 3.04.